The Hall–Kier alpha value is -1.43. The highest BCUT2D eigenvalue weighted by Crippen LogP contribution is 2.33. The van der Waals surface area contributed by atoms with Gasteiger partial charge >= 0.3 is 0 Å². The van der Waals surface area contributed by atoms with Crippen molar-refractivity contribution < 1.29 is 0 Å². The third-order valence-corrected chi connectivity index (χ3v) is 3.29. The summed E-state index contributed by atoms with van der Waals surface area (Å²) in [5, 5.41) is 9.07. The Balaban J connectivity index is 2.30. The second kappa shape index (κ2) is 4.21. The fourth-order valence-electron chi connectivity index (χ4n) is 2.17. The van der Waals surface area contributed by atoms with Crippen molar-refractivity contribution in [2.24, 2.45) is 0 Å². The minimum atomic E-state index is -0.589. The van der Waals surface area contributed by atoms with Crippen LogP contribution in [0.3, 0.4) is 0 Å². The lowest BCUT2D eigenvalue weighted by Gasteiger charge is -2.16. The van der Waals surface area contributed by atoms with E-state index < -0.39 is 5.41 Å². The highest BCUT2D eigenvalue weighted by atomic mass is 14.9. The summed E-state index contributed by atoms with van der Waals surface area (Å²) in [5.41, 5.74) is 0.528. The molecule has 3 nitrogen and oxygen atoms in total. The summed E-state index contributed by atoms with van der Waals surface area (Å²) in [4.78, 5) is 8.78. The van der Waals surface area contributed by atoms with E-state index in [4.69, 9.17) is 5.26 Å². The average Bonchev–Trinajstić information content (AvgIpc) is 2.83. The molecule has 0 spiro atoms. The van der Waals surface area contributed by atoms with Gasteiger partial charge < -0.3 is 0 Å². The topological polar surface area (TPSA) is 49.6 Å². The normalized spacial score (nSPS) is 17.3. The molecule has 1 heterocycles. The van der Waals surface area contributed by atoms with Gasteiger partial charge in [-0.3, -0.25) is 0 Å². The van der Waals surface area contributed by atoms with Gasteiger partial charge in [0.15, 0.2) is 0 Å². The molecule has 0 aromatic carbocycles. The van der Waals surface area contributed by atoms with E-state index in [1.54, 1.807) is 6.20 Å². The maximum Gasteiger partial charge on any atom is 0.148 e. The van der Waals surface area contributed by atoms with Crippen molar-refractivity contribution in [1.82, 2.24) is 9.97 Å². The molecule has 1 aromatic rings. The SMILES string of the molecule is CC(C)(C#N)c1nccc(C2CCCC2)n1. The van der Waals surface area contributed by atoms with Crippen LogP contribution in [0, 0.1) is 11.3 Å². The number of nitriles is 1. The van der Waals surface area contributed by atoms with Crippen LogP contribution in [0.5, 0.6) is 0 Å². The van der Waals surface area contributed by atoms with Crippen LogP contribution < -0.4 is 0 Å². The lowest BCUT2D eigenvalue weighted by Crippen LogP contribution is -2.19. The molecule has 0 unspecified atom stereocenters. The molecule has 0 radical (unpaired) electrons. The fraction of sp³-hybridized carbons (Fsp3) is 0.615. The molecule has 2 rings (SSSR count). The van der Waals surface area contributed by atoms with Crippen LogP contribution in [-0.4, -0.2) is 9.97 Å². The molecule has 84 valence electrons. The standard InChI is InChI=1S/C13H17N3/c1-13(2,9-14)12-15-8-7-11(16-12)10-5-3-4-6-10/h7-8,10H,3-6H2,1-2H3. The van der Waals surface area contributed by atoms with E-state index in [0.29, 0.717) is 11.7 Å². The Morgan fingerprint density at radius 3 is 2.69 bits per heavy atom. The summed E-state index contributed by atoms with van der Waals surface area (Å²) >= 11 is 0. The Labute approximate surface area is 96.5 Å². The van der Waals surface area contributed by atoms with Crippen molar-refractivity contribution in [3.8, 4) is 6.07 Å². The van der Waals surface area contributed by atoms with Crippen molar-refractivity contribution in [1.29, 1.82) is 5.26 Å². The Morgan fingerprint density at radius 2 is 2.06 bits per heavy atom. The first-order valence-corrected chi connectivity index (χ1v) is 5.88. The highest BCUT2D eigenvalue weighted by molar-refractivity contribution is 5.19. The maximum atomic E-state index is 9.07. The van der Waals surface area contributed by atoms with E-state index in [0.717, 1.165) is 5.69 Å². The van der Waals surface area contributed by atoms with Gasteiger partial charge in [0, 0.05) is 17.8 Å². The zero-order valence-corrected chi connectivity index (χ0v) is 9.90. The lowest BCUT2D eigenvalue weighted by atomic mass is 9.94. The number of rotatable bonds is 2. The summed E-state index contributed by atoms with van der Waals surface area (Å²) in [6.07, 6.45) is 6.83. The van der Waals surface area contributed by atoms with Gasteiger partial charge in [-0.15, -0.1) is 0 Å². The largest absolute Gasteiger partial charge is 0.240 e. The van der Waals surface area contributed by atoms with Crippen molar-refractivity contribution in [3.63, 3.8) is 0 Å². The van der Waals surface area contributed by atoms with Gasteiger partial charge in [0.1, 0.15) is 11.2 Å². The summed E-state index contributed by atoms with van der Waals surface area (Å²) in [7, 11) is 0. The molecule has 0 aliphatic heterocycles. The molecular formula is C13H17N3. The molecule has 1 aromatic heterocycles. The van der Waals surface area contributed by atoms with Gasteiger partial charge in [-0.25, -0.2) is 9.97 Å². The first kappa shape index (κ1) is 11.1. The molecule has 16 heavy (non-hydrogen) atoms. The van der Waals surface area contributed by atoms with Gasteiger partial charge in [0.2, 0.25) is 0 Å². The molecule has 0 N–H and O–H groups in total. The zero-order chi connectivity index (χ0) is 11.6. The van der Waals surface area contributed by atoms with Crippen LogP contribution in [0.1, 0.15) is 57.0 Å². The number of nitrogens with zero attached hydrogens (tertiary/aromatic N) is 3. The third kappa shape index (κ3) is 2.06. The van der Waals surface area contributed by atoms with E-state index in [1.165, 1.54) is 25.7 Å². The van der Waals surface area contributed by atoms with Gasteiger partial charge in [0.05, 0.1) is 6.07 Å². The quantitative estimate of drug-likeness (QED) is 0.762. The fourth-order valence-corrected chi connectivity index (χ4v) is 2.17. The first-order valence-electron chi connectivity index (χ1n) is 5.88. The van der Waals surface area contributed by atoms with Crippen molar-refractivity contribution in [2.45, 2.75) is 50.9 Å². The number of hydrogen-bond donors (Lipinski definition) is 0. The van der Waals surface area contributed by atoms with Crippen LogP contribution in [-0.2, 0) is 5.41 Å². The molecule has 0 amide bonds. The minimum absolute atomic E-state index is 0.580. The minimum Gasteiger partial charge on any atom is -0.240 e. The Morgan fingerprint density at radius 1 is 1.38 bits per heavy atom. The van der Waals surface area contributed by atoms with E-state index in [2.05, 4.69) is 16.0 Å². The number of aromatic nitrogens is 2. The second-order valence-electron chi connectivity index (χ2n) is 5.02. The van der Waals surface area contributed by atoms with Crippen molar-refractivity contribution >= 4 is 0 Å². The summed E-state index contributed by atoms with van der Waals surface area (Å²) in [6.45, 7) is 3.72. The first-order chi connectivity index (χ1) is 7.63. The molecular weight excluding hydrogens is 198 g/mol. The van der Waals surface area contributed by atoms with Gasteiger partial charge in [-0.1, -0.05) is 12.8 Å². The van der Waals surface area contributed by atoms with E-state index in [1.807, 2.05) is 19.9 Å². The van der Waals surface area contributed by atoms with E-state index in [9.17, 15) is 0 Å². The molecule has 1 saturated carbocycles. The predicted octanol–water partition coefficient (Wildman–Crippen LogP) is 2.94. The van der Waals surface area contributed by atoms with E-state index in [-0.39, 0.29) is 0 Å². The maximum absolute atomic E-state index is 9.07. The summed E-state index contributed by atoms with van der Waals surface area (Å²) in [5.74, 6) is 1.23. The van der Waals surface area contributed by atoms with Crippen LogP contribution in [0.15, 0.2) is 12.3 Å². The highest BCUT2D eigenvalue weighted by Gasteiger charge is 2.25. The van der Waals surface area contributed by atoms with Crippen LogP contribution in [0.2, 0.25) is 0 Å². The van der Waals surface area contributed by atoms with Gasteiger partial charge in [0.25, 0.3) is 0 Å². The predicted molar refractivity (Wildman–Crippen MR) is 61.9 cm³/mol. The van der Waals surface area contributed by atoms with Crippen molar-refractivity contribution in [3.05, 3.63) is 23.8 Å². The third-order valence-electron chi connectivity index (χ3n) is 3.29. The van der Waals surface area contributed by atoms with Crippen molar-refractivity contribution in [2.75, 3.05) is 0 Å². The molecule has 0 atom stereocenters. The molecule has 1 aliphatic carbocycles. The molecule has 0 saturated heterocycles. The summed E-state index contributed by atoms with van der Waals surface area (Å²) < 4.78 is 0. The average molecular weight is 215 g/mol. The van der Waals surface area contributed by atoms with Gasteiger partial charge in [-0.05, 0) is 32.8 Å². The van der Waals surface area contributed by atoms with Crippen LogP contribution in [0.4, 0.5) is 0 Å². The Kier molecular flexibility index (Phi) is 2.91. The molecule has 3 heteroatoms. The van der Waals surface area contributed by atoms with Gasteiger partial charge in [-0.2, -0.15) is 5.26 Å². The van der Waals surface area contributed by atoms with Crippen LogP contribution in [0.25, 0.3) is 0 Å². The number of hydrogen-bond acceptors (Lipinski definition) is 3. The molecule has 1 aliphatic rings. The molecule has 1 fully saturated rings. The smallest absolute Gasteiger partial charge is 0.148 e. The second-order valence-corrected chi connectivity index (χ2v) is 5.02. The lowest BCUT2D eigenvalue weighted by molar-refractivity contribution is 0.604. The monoisotopic (exact) mass is 215 g/mol. The van der Waals surface area contributed by atoms with Crippen LogP contribution >= 0.6 is 0 Å². The van der Waals surface area contributed by atoms with E-state index >= 15 is 0 Å². The zero-order valence-electron chi connectivity index (χ0n) is 9.90. The summed E-state index contributed by atoms with van der Waals surface area (Å²) in [6, 6.07) is 4.24. The molecule has 0 bridgehead atoms. The Bertz CT molecular complexity index is 411.